The Morgan fingerprint density at radius 2 is 1.69 bits per heavy atom. The Hall–Kier alpha value is -2.79. The minimum absolute atomic E-state index is 0. The van der Waals surface area contributed by atoms with Gasteiger partial charge < -0.3 is 35.1 Å². The van der Waals surface area contributed by atoms with Crippen LogP contribution in [0.2, 0.25) is 0 Å². The van der Waals surface area contributed by atoms with Crippen LogP contribution < -0.4 is 14.8 Å². The van der Waals surface area contributed by atoms with Gasteiger partial charge in [-0.05, 0) is 60.6 Å². The van der Waals surface area contributed by atoms with Crippen LogP contribution in [0.15, 0.2) is 72.8 Å². The van der Waals surface area contributed by atoms with E-state index in [0.717, 1.165) is 28.1 Å². The van der Waals surface area contributed by atoms with Gasteiger partial charge in [-0.15, -0.1) is 0 Å². The number of nitrogens with zero attached hydrogens (tertiary/aromatic N) is 1. The van der Waals surface area contributed by atoms with Gasteiger partial charge in [-0.1, -0.05) is 36.4 Å². The molecule has 39 heavy (non-hydrogen) atoms. The molecule has 2 aliphatic heterocycles. The number of rotatable bonds is 6. The standard InChI is InChI=1S/C27H25N2O5.C4H9.U/c30-19-29-13-11-27(12-14-29)33-17-22-15-21(9-10-25(22)34-27)20-5-4-8-24(16-20)32-18-26(31)28-23-6-2-1-3-7-23;1-4(2)3;/h1-10,15-16H,11-14,17-18H2,(H,28,31);1-3H3;/q2*-1;+2. The molecule has 1 saturated heterocycles. The first-order valence-electron chi connectivity index (χ1n) is 12.8. The van der Waals surface area contributed by atoms with Crippen LogP contribution in [0.4, 0.5) is 5.69 Å². The molecule has 8 heteroatoms. The van der Waals surface area contributed by atoms with Crippen LogP contribution in [0.1, 0.15) is 39.2 Å². The van der Waals surface area contributed by atoms with E-state index in [4.69, 9.17) is 14.2 Å². The molecule has 0 atom stereocenters. The van der Waals surface area contributed by atoms with Gasteiger partial charge in [-0.25, -0.2) is 0 Å². The molecule has 202 valence electrons. The van der Waals surface area contributed by atoms with Gasteiger partial charge in [0.1, 0.15) is 11.5 Å². The molecule has 1 spiro atoms. The number of anilines is 1. The summed E-state index contributed by atoms with van der Waals surface area (Å²) in [6.45, 7) is 7.77. The zero-order chi connectivity index (χ0) is 27.0. The van der Waals surface area contributed by atoms with Gasteiger partial charge in [-0.2, -0.15) is 27.2 Å². The molecule has 0 bridgehead atoms. The van der Waals surface area contributed by atoms with Crippen LogP contribution in [-0.4, -0.2) is 42.7 Å². The molecule has 0 saturated carbocycles. The number of para-hydroxylation sites is 1. The average molecular weight is 753 g/mol. The molecule has 0 aliphatic carbocycles. The van der Waals surface area contributed by atoms with Crippen molar-refractivity contribution in [1.29, 1.82) is 0 Å². The molecule has 2 aliphatic rings. The number of fused-ring (bicyclic) bond motifs is 1. The smallest absolute Gasteiger partial charge is 0.520 e. The number of carbonyl (C=O) groups excluding carboxylic acids is 2. The predicted molar refractivity (Wildman–Crippen MR) is 147 cm³/mol. The SMILES string of the molecule is C[C-](C)C.O=[C-]N1CCC2(CC1)OCc1cc(-c3cccc(OCC(=O)Nc4ccccc4)c3)ccc1O2.[U+2]. The van der Waals surface area contributed by atoms with E-state index in [9.17, 15) is 9.59 Å². The van der Waals surface area contributed by atoms with Gasteiger partial charge in [0, 0.05) is 24.1 Å². The Morgan fingerprint density at radius 1 is 1.00 bits per heavy atom. The summed E-state index contributed by atoms with van der Waals surface area (Å²) >= 11 is 0. The zero-order valence-electron chi connectivity index (χ0n) is 22.7. The van der Waals surface area contributed by atoms with E-state index in [1.807, 2.05) is 73.1 Å². The zero-order valence-corrected chi connectivity index (χ0v) is 26.8. The van der Waals surface area contributed by atoms with Crippen molar-refractivity contribution in [3.8, 4) is 22.6 Å². The number of hydrogen-bond donors (Lipinski definition) is 1. The summed E-state index contributed by atoms with van der Waals surface area (Å²) in [4.78, 5) is 24.7. The van der Waals surface area contributed by atoms with Crippen molar-refractivity contribution in [2.75, 3.05) is 25.0 Å². The Bertz CT molecular complexity index is 1220. The molecule has 0 aromatic heterocycles. The topological polar surface area (TPSA) is 77.1 Å². The van der Waals surface area contributed by atoms with Crippen molar-refractivity contribution in [2.45, 2.75) is 46.0 Å². The molecule has 7 nitrogen and oxygen atoms in total. The summed E-state index contributed by atoms with van der Waals surface area (Å²) in [6, 6.07) is 23.0. The van der Waals surface area contributed by atoms with E-state index in [1.165, 1.54) is 5.92 Å². The first kappa shape index (κ1) is 30.7. The van der Waals surface area contributed by atoms with Crippen LogP contribution in [0.3, 0.4) is 0 Å². The third-order valence-electron chi connectivity index (χ3n) is 6.10. The van der Waals surface area contributed by atoms with E-state index in [2.05, 4.69) is 32.2 Å². The third-order valence-corrected chi connectivity index (χ3v) is 6.10. The van der Waals surface area contributed by atoms with Crippen LogP contribution in [-0.2, 0) is 20.9 Å². The van der Waals surface area contributed by atoms with Crippen molar-refractivity contribution in [3.05, 3.63) is 84.3 Å². The number of ether oxygens (including phenoxy) is 3. The molecule has 2 heterocycles. The second-order valence-electron chi connectivity index (χ2n) is 9.93. The summed E-state index contributed by atoms with van der Waals surface area (Å²) < 4.78 is 18.1. The maximum absolute atomic E-state index is 12.2. The number of hydrogen-bond acceptors (Lipinski definition) is 5. The van der Waals surface area contributed by atoms with Crippen LogP contribution in [0.25, 0.3) is 11.1 Å². The van der Waals surface area contributed by atoms with Gasteiger partial charge in [0.2, 0.25) is 5.79 Å². The Labute approximate surface area is 254 Å². The van der Waals surface area contributed by atoms with Crippen molar-refractivity contribution in [3.63, 3.8) is 0 Å². The number of benzene rings is 3. The molecule has 1 N–H and O–H groups in total. The second kappa shape index (κ2) is 14.6. The Morgan fingerprint density at radius 3 is 2.38 bits per heavy atom. The van der Waals surface area contributed by atoms with Crippen molar-refractivity contribution in [1.82, 2.24) is 4.90 Å². The van der Waals surface area contributed by atoms with Crippen molar-refractivity contribution < 1.29 is 54.9 Å². The number of carbonyl (C=O) groups is 1. The fourth-order valence-electron chi connectivity index (χ4n) is 4.23. The van der Waals surface area contributed by atoms with Crippen LogP contribution >= 0.6 is 0 Å². The van der Waals surface area contributed by atoms with E-state index < -0.39 is 5.79 Å². The first-order chi connectivity index (χ1) is 18.4. The van der Waals surface area contributed by atoms with E-state index in [1.54, 1.807) is 4.90 Å². The van der Waals surface area contributed by atoms with Gasteiger partial charge in [-0.3, -0.25) is 4.79 Å². The predicted octanol–water partition coefficient (Wildman–Crippen LogP) is 5.76. The van der Waals surface area contributed by atoms with E-state index in [0.29, 0.717) is 38.3 Å². The van der Waals surface area contributed by atoms with Crippen molar-refractivity contribution in [2.24, 2.45) is 0 Å². The molecule has 1 fully saturated rings. The summed E-state index contributed by atoms with van der Waals surface area (Å²) in [7, 11) is 0. The maximum atomic E-state index is 12.2. The number of likely N-dealkylation sites (tertiary alicyclic amines) is 1. The molecule has 3 aromatic carbocycles. The van der Waals surface area contributed by atoms with E-state index >= 15 is 0 Å². The number of nitrogens with one attached hydrogen (secondary N) is 1. The van der Waals surface area contributed by atoms with Crippen LogP contribution in [0.5, 0.6) is 11.5 Å². The molecular weight excluding hydrogens is 718 g/mol. The van der Waals surface area contributed by atoms with Gasteiger partial charge in [0.25, 0.3) is 5.91 Å². The van der Waals surface area contributed by atoms with E-state index in [-0.39, 0.29) is 43.6 Å². The largest absolute Gasteiger partial charge is 2.00 e. The van der Waals surface area contributed by atoms with Crippen LogP contribution in [0, 0.1) is 37.0 Å². The normalized spacial score (nSPS) is 15.1. The summed E-state index contributed by atoms with van der Waals surface area (Å²) in [5.74, 6) is 1.95. The summed E-state index contributed by atoms with van der Waals surface area (Å²) in [5.41, 5.74) is 3.68. The molecular formula is C31H34N2O5U. The maximum Gasteiger partial charge on any atom is 2.00 e. The second-order valence-corrected chi connectivity index (χ2v) is 9.93. The quantitative estimate of drug-likeness (QED) is 0.325. The Balaban J connectivity index is 0.000000788. The fourth-order valence-corrected chi connectivity index (χ4v) is 4.23. The fraction of sp³-hybridized carbons (Fsp3) is 0.323. The molecule has 2 amide bonds. The van der Waals surface area contributed by atoms with Gasteiger partial charge >= 0.3 is 31.1 Å². The minimum Gasteiger partial charge on any atom is -0.520 e. The Kier molecular flexibility index (Phi) is 11.5. The van der Waals surface area contributed by atoms with Crippen molar-refractivity contribution >= 4 is 18.0 Å². The number of piperidine rings is 1. The van der Waals surface area contributed by atoms with Gasteiger partial charge in [0.05, 0.1) is 6.61 Å². The monoisotopic (exact) mass is 752 g/mol. The average Bonchev–Trinajstić information content (AvgIpc) is 2.92. The molecule has 5 rings (SSSR count). The van der Waals surface area contributed by atoms with Gasteiger partial charge in [0.15, 0.2) is 6.61 Å². The first-order valence-corrected chi connectivity index (χ1v) is 12.8. The minimum atomic E-state index is -0.671. The molecule has 3 aromatic rings. The third kappa shape index (κ3) is 8.86. The molecule has 0 radical (unpaired) electrons. The summed E-state index contributed by atoms with van der Waals surface area (Å²) in [6.07, 6.45) is 3.19. The molecule has 0 unspecified atom stereocenters. The number of amides is 2. The summed E-state index contributed by atoms with van der Waals surface area (Å²) in [5, 5.41) is 2.81.